The summed E-state index contributed by atoms with van der Waals surface area (Å²) in [6, 6.07) is 10.5. The topological polar surface area (TPSA) is 38.0 Å². The van der Waals surface area contributed by atoms with Crippen molar-refractivity contribution in [2.24, 2.45) is 5.73 Å². The second-order valence-electron chi connectivity index (χ2n) is 3.23. The molecular weight excluding hydrogens is 172 g/mol. The Balaban J connectivity index is 2.50. The van der Waals surface area contributed by atoms with Crippen molar-refractivity contribution < 1.29 is 0 Å². The van der Waals surface area contributed by atoms with Crippen molar-refractivity contribution in [1.82, 2.24) is 5.32 Å². The zero-order chi connectivity index (χ0) is 10.2. The van der Waals surface area contributed by atoms with E-state index in [0.717, 1.165) is 13.0 Å². The Hall–Kier alpha value is -1.12. The summed E-state index contributed by atoms with van der Waals surface area (Å²) in [5, 5.41) is 3.39. The first kappa shape index (κ1) is 11.0. The van der Waals surface area contributed by atoms with Gasteiger partial charge in [-0.05, 0) is 18.5 Å². The van der Waals surface area contributed by atoms with Crippen LogP contribution in [0, 0.1) is 0 Å². The van der Waals surface area contributed by atoms with E-state index >= 15 is 0 Å². The lowest BCUT2D eigenvalue weighted by Crippen LogP contribution is -2.28. The third-order valence-electron chi connectivity index (χ3n) is 2.18. The number of hydrogen-bond acceptors (Lipinski definition) is 2. The van der Waals surface area contributed by atoms with Gasteiger partial charge in [0.2, 0.25) is 0 Å². The SMILES string of the molecule is C=CCCNC(CN)c1ccccc1. The summed E-state index contributed by atoms with van der Waals surface area (Å²) in [5.74, 6) is 0. The molecular formula is C12H18N2. The fraction of sp³-hybridized carbons (Fsp3) is 0.333. The van der Waals surface area contributed by atoms with Gasteiger partial charge in [-0.3, -0.25) is 0 Å². The van der Waals surface area contributed by atoms with Gasteiger partial charge in [-0.1, -0.05) is 36.4 Å². The third-order valence-corrected chi connectivity index (χ3v) is 2.18. The van der Waals surface area contributed by atoms with Crippen molar-refractivity contribution in [2.75, 3.05) is 13.1 Å². The third kappa shape index (κ3) is 3.32. The van der Waals surface area contributed by atoms with Crippen molar-refractivity contribution in [1.29, 1.82) is 0 Å². The van der Waals surface area contributed by atoms with Gasteiger partial charge in [-0.25, -0.2) is 0 Å². The average molecular weight is 190 g/mol. The van der Waals surface area contributed by atoms with Gasteiger partial charge in [0.05, 0.1) is 0 Å². The van der Waals surface area contributed by atoms with E-state index in [4.69, 9.17) is 5.73 Å². The molecule has 0 fully saturated rings. The monoisotopic (exact) mass is 190 g/mol. The van der Waals surface area contributed by atoms with Crippen LogP contribution < -0.4 is 11.1 Å². The lowest BCUT2D eigenvalue weighted by atomic mass is 10.1. The zero-order valence-electron chi connectivity index (χ0n) is 8.45. The van der Waals surface area contributed by atoms with Crippen LogP contribution in [0.2, 0.25) is 0 Å². The maximum atomic E-state index is 5.70. The molecule has 0 aliphatic rings. The highest BCUT2D eigenvalue weighted by Gasteiger charge is 2.06. The van der Waals surface area contributed by atoms with Crippen LogP contribution >= 0.6 is 0 Å². The summed E-state index contributed by atoms with van der Waals surface area (Å²) in [4.78, 5) is 0. The van der Waals surface area contributed by atoms with Gasteiger partial charge in [0, 0.05) is 12.6 Å². The second-order valence-corrected chi connectivity index (χ2v) is 3.23. The molecule has 0 aliphatic carbocycles. The number of nitrogens with one attached hydrogen (secondary N) is 1. The van der Waals surface area contributed by atoms with Crippen LogP contribution in [0.1, 0.15) is 18.0 Å². The Morgan fingerprint density at radius 2 is 2.07 bits per heavy atom. The van der Waals surface area contributed by atoms with Crippen molar-refractivity contribution in [2.45, 2.75) is 12.5 Å². The van der Waals surface area contributed by atoms with Crippen molar-refractivity contribution in [3.05, 3.63) is 48.6 Å². The zero-order valence-corrected chi connectivity index (χ0v) is 8.45. The van der Waals surface area contributed by atoms with Gasteiger partial charge in [-0.2, -0.15) is 0 Å². The number of benzene rings is 1. The van der Waals surface area contributed by atoms with Crippen LogP contribution in [0.15, 0.2) is 43.0 Å². The minimum atomic E-state index is 0.260. The summed E-state index contributed by atoms with van der Waals surface area (Å²) in [6.45, 7) is 5.24. The van der Waals surface area contributed by atoms with Crippen molar-refractivity contribution in [3.63, 3.8) is 0 Å². The highest BCUT2D eigenvalue weighted by Crippen LogP contribution is 2.10. The predicted molar refractivity (Wildman–Crippen MR) is 61.1 cm³/mol. The van der Waals surface area contributed by atoms with Gasteiger partial charge >= 0.3 is 0 Å². The average Bonchev–Trinajstić information content (AvgIpc) is 2.26. The van der Waals surface area contributed by atoms with Crippen LogP contribution in [0.25, 0.3) is 0 Å². The molecule has 1 aromatic carbocycles. The molecule has 0 bridgehead atoms. The fourth-order valence-corrected chi connectivity index (χ4v) is 1.38. The summed E-state index contributed by atoms with van der Waals surface area (Å²) < 4.78 is 0. The standard InChI is InChI=1S/C12H18N2/c1-2-3-9-14-12(10-13)11-7-5-4-6-8-11/h2,4-8,12,14H,1,3,9-10,13H2. The molecule has 3 N–H and O–H groups in total. The van der Waals surface area contributed by atoms with E-state index < -0.39 is 0 Å². The maximum absolute atomic E-state index is 5.70. The molecule has 2 heteroatoms. The van der Waals surface area contributed by atoms with Crippen molar-refractivity contribution in [3.8, 4) is 0 Å². The van der Waals surface area contributed by atoms with Gasteiger partial charge in [0.25, 0.3) is 0 Å². The summed E-state index contributed by atoms with van der Waals surface area (Å²) in [6.07, 6.45) is 2.88. The largest absolute Gasteiger partial charge is 0.329 e. The summed E-state index contributed by atoms with van der Waals surface area (Å²) >= 11 is 0. The maximum Gasteiger partial charge on any atom is 0.0444 e. The molecule has 1 rings (SSSR count). The Kier molecular flexibility index (Phi) is 4.97. The number of nitrogens with two attached hydrogens (primary N) is 1. The lowest BCUT2D eigenvalue weighted by molar-refractivity contribution is 0.548. The molecule has 0 radical (unpaired) electrons. The van der Waals surface area contributed by atoms with E-state index in [1.54, 1.807) is 0 Å². The van der Waals surface area contributed by atoms with Crippen LogP contribution in [-0.2, 0) is 0 Å². The highest BCUT2D eigenvalue weighted by atomic mass is 14.9. The number of rotatable bonds is 6. The molecule has 14 heavy (non-hydrogen) atoms. The van der Waals surface area contributed by atoms with Gasteiger partial charge in [-0.15, -0.1) is 6.58 Å². The van der Waals surface area contributed by atoms with E-state index in [-0.39, 0.29) is 6.04 Å². The highest BCUT2D eigenvalue weighted by molar-refractivity contribution is 5.19. The molecule has 0 aromatic heterocycles. The van der Waals surface area contributed by atoms with Crippen LogP contribution in [-0.4, -0.2) is 13.1 Å². The fourth-order valence-electron chi connectivity index (χ4n) is 1.38. The molecule has 0 heterocycles. The number of hydrogen-bond donors (Lipinski definition) is 2. The minimum absolute atomic E-state index is 0.260. The quantitative estimate of drug-likeness (QED) is 0.530. The van der Waals surface area contributed by atoms with Gasteiger partial charge in [0.1, 0.15) is 0 Å². The Morgan fingerprint density at radius 3 is 2.64 bits per heavy atom. The first-order valence-electron chi connectivity index (χ1n) is 4.97. The molecule has 76 valence electrons. The van der Waals surface area contributed by atoms with E-state index in [1.807, 2.05) is 24.3 Å². The summed E-state index contributed by atoms with van der Waals surface area (Å²) in [7, 11) is 0. The van der Waals surface area contributed by atoms with E-state index in [9.17, 15) is 0 Å². The Morgan fingerprint density at radius 1 is 1.36 bits per heavy atom. The molecule has 1 atom stereocenters. The molecule has 0 aliphatic heterocycles. The molecule has 2 nitrogen and oxygen atoms in total. The molecule has 0 saturated heterocycles. The molecule has 1 unspecified atom stereocenters. The Bertz CT molecular complexity index is 256. The van der Waals surface area contributed by atoms with E-state index in [0.29, 0.717) is 6.54 Å². The van der Waals surface area contributed by atoms with Crippen LogP contribution in [0.3, 0.4) is 0 Å². The minimum Gasteiger partial charge on any atom is -0.329 e. The molecule has 0 spiro atoms. The first-order chi connectivity index (χ1) is 6.88. The molecule has 0 amide bonds. The van der Waals surface area contributed by atoms with E-state index in [1.165, 1.54) is 5.56 Å². The Labute approximate surface area is 85.8 Å². The predicted octanol–water partition coefficient (Wildman–Crippen LogP) is 1.85. The van der Waals surface area contributed by atoms with Gasteiger partial charge < -0.3 is 11.1 Å². The summed E-state index contributed by atoms with van der Waals surface area (Å²) in [5.41, 5.74) is 6.95. The first-order valence-corrected chi connectivity index (χ1v) is 4.97. The molecule has 0 saturated carbocycles. The van der Waals surface area contributed by atoms with Crippen LogP contribution in [0.4, 0.5) is 0 Å². The normalized spacial score (nSPS) is 12.4. The van der Waals surface area contributed by atoms with Crippen molar-refractivity contribution >= 4 is 0 Å². The van der Waals surface area contributed by atoms with Gasteiger partial charge in [0.15, 0.2) is 0 Å². The second kappa shape index (κ2) is 6.35. The van der Waals surface area contributed by atoms with Crippen LogP contribution in [0.5, 0.6) is 0 Å². The smallest absolute Gasteiger partial charge is 0.0444 e. The van der Waals surface area contributed by atoms with E-state index in [2.05, 4.69) is 24.0 Å². The lowest BCUT2D eigenvalue weighted by Gasteiger charge is -2.16. The molecule has 1 aromatic rings.